The first-order valence-corrected chi connectivity index (χ1v) is 4.89. The number of ketones is 1. The molecule has 0 aromatic rings. The highest BCUT2D eigenvalue weighted by molar-refractivity contribution is 6.01. The van der Waals surface area contributed by atoms with Crippen molar-refractivity contribution in [2.24, 2.45) is 11.8 Å². The van der Waals surface area contributed by atoms with Crippen LogP contribution < -0.4 is 0 Å². The number of hydrogen-bond acceptors (Lipinski definition) is 1. The van der Waals surface area contributed by atoms with Gasteiger partial charge in [0.1, 0.15) is 5.92 Å². The SMILES string of the molecule is CCC1=C(C)C(=O)C(C(F)(F)F)C1C(F)(F)F. The average Bonchev–Trinajstić information content (AvgIpc) is 2.38. The summed E-state index contributed by atoms with van der Waals surface area (Å²) in [7, 11) is 0. The molecule has 0 radical (unpaired) electrons. The van der Waals surface area contributed by atoms with Gasteiger partial charge in [-0.25, -0.2) is 0 Å². The molecular weight excluding hydrogens is 250 g/mol. The minimum atomic E-state index is -5.17. The van der Waals surface area contributed by atoms with Crippen LogP contribution in [0.2, 0.25) is 0 Å². The molecule has 0 N–H and O–H groups in total. The molecule has 1 aliphatic carbocycles. The topological polar surface area (TPSA) is 17.1 Å². The van der Waals surface area contributed by atoms with Crippen LogP contribution in [-0.4, -0.2) is 18.1 Å². The van der Waals surface area contributed by atoms with Crippen molar-refractivity contribution in [1.82, 2.24) is 0 Å². The summed E-state index contributed by atoms with van der Waals surface area (Å²) in [4.78, 5) is 11.3. The standard InChI is InChI=1S/C10H10F6O/c1-3-5-4(2)8(17)7(10(14,15)16)6(5)9(11,12)13/h6-7H,3H2,1-2H3. The van der Waals surface area contributed by atoms with E-state index in [4.69, 9.17) is 0 Å². The van der Waals surface area contributed by atoms with E-state index in [9.17, 15) is 31.1 Å². The quantitative estimate of drug-likeness (QED) is 0.658. The zero-order chi connectivity index (χ0) is 13.6. The lowest BCUT2D eigenvalue weighted by Gasteiger charge is -2.25. The Kier molecular flexibility index (Phi) is 3.33. The molecule has 1 aliphatic rings. The molecule has 7 heteroatoms. The Morgan fingerprint density at radius 1 is 1.00 bits per heavy atom. The predicted octanol–water partition coefficient (Wildman–Crippen LogP) is 3.65. The Balaban J connectivity index is 3.32. The van der Waals surface area contributed by atoms with E-state index in [2.05, 4.69) is 0 Å². The maximum atomic E-state index is 12.6. The van der Waals surface area contributed by atoms with Crippen molar-refractivity contribution in [2.45, 2.75) is 32.6 Å². The highest BCUT2D eigenvalue weighted by Gasteiger charge is 2.63. The molecule has 0 heterocycles. The molecule has 0 aromatic carbocycles. The van der Waals surface area contributed by atoms with Crippen molar-refractivity contribution in [3.63, 3.8) is 0 Å². The molecule has 0 saturated heterocycles. The van der Waals surface area contributed by atoms with E-state index in [1.807, 2.05) is 0 Å². The lowest BCUT2D eigenvalue weighted by molar-refractivity contribution is -0.236. The second kappa shape index (κ2) is 4.03. The third-order valence-electron chi connectivity index (χ3n) is 2.93. The molecule has 0 fully saturated rings. The molecule has 2 unspecified atom stereocenters. The highest BCUT2D eigenvalue weighted by atomic mass is 19.4. The largest absolute Gasteiger partial charge is 0.399 e. The predicted molar refractivity (Wildman–Crippen MR) is 47.1 cm³/mol. The van der Waals surface area contributed by atoms with E-state index >= 15 is 0 Å². The molecule has 0 bridgehead atoms. The fourth-order valence-electron chi connectivity index (χ4n) is 2.19. The second-order valence-corrected chi connectivity index (χ2v) is 3.91. The maximum absolute atomic E-state index is 12.6. The summed E-state index contributed by atoms with van der Waals surface area (Å²) in [5, 5.41) is 0. The van der Waals surface area contributed by atoms with Gasteiger partial charge in [0.25, 0.3) is 0 Å². The van der Waals surface area contributed by atoms with Crippen molar-refractivity contribution in [2.75, 3.05) is 0 Å². The molecule has 98 valence electrons. The number of allylic oxidation sites excluding steroid dienone is 2. The number of halogens is 6. The Bertz CT molecular complexity index is 362. The van der Waals surface area contributed by atoms with Crippen LogP contribution in [0, 0.1) is 11.8 Å². The summed E-state index contributed by atoms with van der Waals surface area (Å²) in [6.07, 6.45) is -10.4. The van der Waals surface area contributed by atoms with Gasteiger partial charge in [0.05, 0.1) is 5.92 Å². The van der Waals surface area contributed by atoms with Gasteiger partial charge in [-0.05, 0) is 18.9 Å². The van der Waals surface area contributed by atoms with Crippen LogP contribution in [0.4, 0.5) is 26.3 Å². The third kappa shape index (κ3) is 2.32. The molecule has 17 heavy (non-hydrogen) atoms. The van der Waals surface area contributed by atoms with E-state index in [0.29, 0.717) is 0 Å². The molecule has 0 saturated carbocycles. The Labute approximate surface area is 93.5 Å². The Hall–Kier alpha value is -1.01. The van der Waals surface area contributed by atoms with E-state index in [1.165, 1.54) is 6.92 Å². The van der Waals surface area contributed by atoms with Crippen molar-refractivity contribution < 1.29 is 31.1 Å². The monoisotopic (exact) mass is 260 g/mol. The summed E-state index contributed by atoms with van der Waals surface area (Å²) in [6.45, 7) is 2.33. The van der Waals surface area contributed by atoms with Crippen LogP contribution in [0.5, 0.6) is 0 Å². The van der Waals surface area contributed by atoms with Crippen LogP contribution in [0.15, 0.2) is 11.1 Å². The summed E-state index contributed by atoms with van der Waals surface area (Å²) >= 11 is 0. The second-order valence-electron chi connectivity index (χ2n) is 3.91. The van der Waals surface area contributed by atoms with Crippen LogP contribution in [0.1, 0.15) is 20.3 Å². The third-order valence-corrected chi connectivity index (χ3v) is 2.93. The fourth-order valence-corrected chi connectivity index (χ4v) is 2.19. The Morgan fingerprint density at radius 3 is 1.71 bits per heavy atom. The van der Waals surface area contributed by atoms with Crippen LogP contribution in [0.25, 0.3) is 0 Å². The van der Waals surface area contributed by atoms with E-state index in [-0.39, 0.29) is 6.42 Å². The number of Topliss-reactive ketones (excluding diaryl/α,β-unsaturated/α-hetero) is 1. The number of carbonyl (C=O) groups excluding carboxylic acids is 1. The van der Waals surface area contributed by atoms with Crippen molar-refractivity contribution in [3.8, 4) is 0 Å². The summed E-state index contributed by atoms with van der Waals surface area (Å²) < 4.78 is 75.5. The zero-order valence-corrected chi connectivity index (χ0v) is 9.04. The van der Waals surface area contributed by atoms with Gasteiger partial charge < -0.3 is 0 Å². The van der Waals surface area contributed by atoms with Gasteiger partial charge in [-0.3, -0.25) is 4.79 Å². The molecule has 0 aliphatic heterocycles. The maximum Gasteiger partial charge on any atom is 0.399 e. The number of carbonyl (C=O) groups is 1. The van der Waals surface area contributed by atoms with Crippen molar-refractivity contribution in [1.29, 1.82) is 0 Å². The number of alkyl halides is 6. The lowest BCUT2D eigenvalue weighted by atomic mass is 9.88. The minimum absolute atomic E-state index is 0.214. The first-order valence-electron chi connectivity index (χ1n) is 4.89. The molecule has 0 amide bonds. The summed E-state index contributed by atoms with van der Waals surface area (Å²) in [5.74, 6) is -7.16. The van der Waals surface area contributed by atoms with Crippen LogP contribution in [-0.2, 0) is 4.79 Å². The first kappa shape index (κ1) is 14.1. The highest BCUT2D eigenvalue weighted by Crippen LogP contribution is 2.51. The summed E-state index contributed by atoms with van der Waals surface area (Å²) in [5.41, 5.74) is -0.859. The fraction of sp³-hybridized carbons (Fsp3) is 0.700. The van der Waals surface area contributed by atoms with Gasteiger partial charge in [0, 0.05) is 0 Å². The molecular formula is C10H10F6O. The van der Waals surface area contributed by atoms with Crippen molar-refractivity contribution in [3.05, 3.63) is 11.1 Å². The number of rotatable bonds is 1. The van der Waals surface area contributed by atoms with Gasteiger partial charge >= 0.3 is 12.4 Å². The average molecular weight is 260 g/mol. The number of hydrogen-bond donors (Lipinski definition) is 0. The van der Waals surface area contributed by atoms with Crippen molar-refractivity contribution >= 4 is 5.78 Å². The van der Waals surface area contributed by atoms with E-state index in [1.54, 1.807) is 0 Å². The normalized spacial score (nSPS) is 26.9. The zero-order valence-electron chi connectivity index (χ0n) is 9.04. The summed E-state index contributed by atoms with van der Waals surface area (Å²) in [6, 6.07) is 0. The van der Waals surface area contributed by atoms with E-state index in [0.717, 1.165) is 6.92 Å². The lowest BCUT2D eigenvalue weighted by Crippen LogP contribution is -2.40. The minimum Gasteiger partial charge on any atom is -0.294 e. The molecule has 0 spiro atoms. The van der Waals surface area contributed by atoms with Gasteiger partial charge in [0.15, 0.2) is 5.78 Å². The van der Waals surface area contributed by atoms with Crippen LogP contribution in [0.3, 0.4) is 0 Å². The smallest absolute Gasteiger partial charge is 0.294 e. The molecule has 1 nitrogen and oxygen atoms in total. The molecule has 1 rings (SSSR count). The van der Waals surface area contributed by atoms with Gasteiger partial charge in [-0.15, -0.1) is 0 Å². The first-order chi connectivity index (χ1) is 7.51. The molecule has 2 atom stereocenters. The van der Waals surface area contributed by atoms with Gasteiger partial charge in [-0.2, -0.15) is 26.3 Å². The molecule has 0 aromatic heterocycles. The van der Waals surface area contributed by atoms with Gasteiger partial charge in [-0.1, -0.05) is 12.5 Å². The van der Waals surface area contributed by atoms with Gasteiger partial charge in [0.2, 0.25) is 0 Å². The Morgan fingerprint density at radius 2 is 1.41 bits per heavy atom. The van der Waals surface area contributed by atoms with E-state index < -0.39 is 41.1 Å². The van der Waals surface area contributed by atoms with Crippen LogP contribution >= 0.6 is 0 Å².